The first-order chi connectivity index (χ1) is 13.1. The molecule has 0 saturated carbocycles. The first-order valence-corrected chi connectivity index (χ1v) is 9.08. The number of aromatic amines is 1. The number of hydrogen-bond acceptors (Lipinski definition) is 2. The van der Waals surface area contributed by atoms with Crippen LogP contribution in [0.5, 0.6) is 0 Å². The van der Waals surface area contributed by atoms with Crippen molar-refractivity contribution in [2.75, 3.05) is 6.54 Å². The number of H-pyrrole nitrogens is 1. The van der Waals surface area contributed by atoms with E-state index in [4.69, 9.17) is 11.6 Å². The number of hydrogen-bond donors (Lipinski definition) is 2. The fourth-order valence-corrected chi connectivity index (χ4v) is 3.63. The third-order valence-electron chi connectivity index (χ3n) is 4.71. The predicted molar refractivity (Wildman–Crippen MR) is 107 cm³/mol. The van der Waals surface area contributed by atoms with E-state index in [0.29, 0.717) is 17.1 Å². The number of nitrogens with zero attached hydrogens (tertiary/aromatic N) is 2. The van der Waals surface area contributed by atoms with Crippen molar-refractivity contribution in [2.45, 2.75) is 5.92 Å². The molecule has 6 heteroatoms. The largest absolute Gasteiger partial charge is 0.361 e. The van der Waals surface area contributed by atoms with Crippen molar-refractivity contribution in [3.05, 3.63) is 88.8 Å². The van der Waals surface area contributed by atoms with E-state index in [9.17, 15) is 4.79 Å². The maximum Gasteiger partial charge on any atom is 0.254 e. The number of rotatable bonds is 5. The molecule has 27 heavy (non-hydrogen) atoms. The summed E-state index contributed by atoms with van der Waals surface area (Å²) >= 11 is 6.49. The highest BCUT2D eigenvalue weighted by Gasteiger charge is 2.21. The third kappa shape index (κ3) is 3.46. The van der Waals surface area contributed by atoms with Crippen molar-refractivity contribution in [1.82, 2.24) is 20.1 Å². The van der Waals surface area contributed by atoms with Crippen LogP contribution >= 0.6 is 11.6 Å². The molecule has 2 aromatic carbocycles. The van der Waals surface area contributed by atoms with Gasteiger partial charge in [0.25, 0.3) is 5.91 Å². The third-order valence-corrected chi connectivity index (χ3v) is 5.06. The van der Waals surface area contributed by atoms with Crippen LogP contribution < -0.4 is 5.32 Å². The lowest BCUT2D eigenvalue weighted by Crippen LogP contribution is -2.28. The van der Waals surface area contributed by atoms with Crippen LogP contribution in [0.4, 0.5) is 0 Å². The van der Waals surface area contributed by atoms with E-state index in [1.54, 1.807) is 24.1 Å². The number of fused-ring (bicyclic) bond motifs is 1. The second-order valence-corrected chi connectivity index (χ2v) is 6.88. The van der Waals surface area contributed by atoms with Crippen LogP contribution in [0, 0.1) is 0 Å². The lowest BCUT2D eigenvalue weighted by atomic mass is 9.90. The van der Waals surface area contributed by atoms with Crippen molar-refractivity contribution in [1.29, 1.82) is 0 Å². The van der Waals surface area contributed by atoms with E-state index in [1.807, 2.05) is 48.7 Å². The molecule has 2 aromatic heterocycles. The summed E-state index contributed by atoms with van der Waals surface area (Å²) in [6.45, 7) is 0.430. The standard InChI is InChI=1S/C21H19ClN4O/c1-26-13-14(10-25-26)21(27)24-12-17(15-6-2-4-8-19(15)22)18-11-23-20-9-5-3-7-16(18)20/h2-11,13,17,23H,12H2,1H3,(H,24,27)/t17-/m1/s1. The van der Waals surface area contributed by atoms with E-state index >= 15 is 0 Å². The molecule has 4 rings (SSSR count). The molecule has 136 valence electrons. The lowest BCUT2D eigenvalue weighted by Gasteiger charge is -2.19. The summed E-state index contributed by atoms with van der Waals surface area (Å²) in [6, 6.07) is 15.9. The van der Waals surface area contributed by atoms with Gasteiger partial charge >= 0.3 is 0 Å². The van der Waals surface area contributed by atoms with E-state index in [1.165, 1.54) is 0 Å². The Morgan fingerprint density at radius 3 is 2.74 bits per heavy atom. The normalized spacial score (nSPS) is 12.2. The molecule has 0 unspecified atom stereocenters. The fraction of sp³-hybridized carbons (Fsp3) is 0.143. The van der Waals surface area contributed by atoms with Crippen molar-refractivity contribution in [3.63, 3.8) is 0 Å². The van der Waals surface area contributed by atoms with Gasteiger partial charge in [-0.3, -0.25) is 9.48 Å². The summed E-state index contributed by atoms with van der Waals surface area (Å²) in [5.41, 5.74) is 3.68. The van der Waals surface area contributed by atoms with Gasteiger partial charge in [-0.05, 0) is 23.3 Å². The number of amides is 1. The lowest BCUT2D eigenvalue weighted by molar-refractivity contribution is 0.0952. The molecule has 4 aromatic rings. The van der Waals surface area contributed by atoms with Gasteiger partial charge in [0.2, 0.25) is 0 Å². The minimum atomic E-state index is -0.153. The van der Waals surface area contributed by atoms with E-state index in [-0.39, 0.29) is 11.8 Å². The Kier molecular flexibility index (Phi) is 4.69. The molecule has 2 heterocycles. The zero-order chi connectivity index (χ0) is 18.8. The maximum atomic E-state index is 12.5. The molecular weight excluding hydrogens is 360 g/mol. The quantitative estimate of drug-likeness (QED) is 0.548. The Morgan fingerprint density at radius 2 is 1.96 bits per heavy atom. The maximum absolute atomic E-state index is 12.5. The van der Waals surface area contributed by atoms with Gasteiger partial charge in [0.1, 0.15) is 0 Å². The van der Waals surface area contributed by atoms with Gasteiger partial charge in [0.05, 0.1) is 11.8 Å². The predicted octanol–water partition coefficient (Wildman–Crippen LogP) is 4.12. The molecule has 1 amide bonds. The van der Waals surface area contributed by atoms with Crippen LogP contribution in [0.1, 0.15) is 27.4 Å². The number of halogens is 1. The zero-order valence-electron chi connectivity index (χ0n) is 14.8. The molecule has 2 N–H and O–H groups in total. The van der Waals surface area contributed by atoms with Gasteiger partial charge < -0.3 is 10.3 Å². The Bertz CT molecular complexity index is 1100. The Morgan fingerprint density at radius 1 is 1.19 bits per heavy atom. The van der Waals surface area contributed by atoms with E-state index in [0.717, 1.165) is 22.0 Å². The molecule has 0 spiro atoms. The molecule has 0 saturated heterocycles. The molecule has 5 nitrogen and oxygen atoms in total. The highest BCUT2D eigenvalue weighted by molar-refractivity contribution is 6.31. The summed E-state index contributed by atoms with van der Waals surface area (Å²) in [5, 5.41) is 8.89. The first kappa shape index (κ1) is 17.4. The van der Waals surface area contributed by atoms with E-state index < -0.39 is 0 Å². The van der Waals surface area contributed by atoms with Crippen molar-refractivity contribution >= 4 is 28.4 Å². The number of nitrogens with one attached hydrogen (secondary N) is 2. The minimum absolute atomic E-state index is 0.0736. The Balaban J connectivity index is 1.68. The molecular formula is C21H19ClN4O. The fourth-order valence-electron chi connectivity index (χ4n) is 3.36. The van der Waals surface area contributed by atoms with Gasteiger partial charge in [-0.15, -0.1) is 0 Å². The van der Waals surface area contributed by atoms with Crippen LogP contribution in [0.2, 0.25) is 5.02 Å². The highest BCUT2D eigenvalue weighted by Crippen LogP contribution is 2.34. The smallest absolute Gasteiger partial charge is 0.254 e. The monoisotopic (exact) mass is 378 g/mol. The van der Waals surface area contributed by atoms with Crippen LogP contribution in [0.15, 0.2) is 67.1 Å². The summed E-state index contributed by atoms with van der Waals surface area (Å²) in [6.07, 6.45) is 5.26. The number of aryl methyl sites for hydroxylation is 1. The van der Waals surface area contributed by atoms with Crippen LogP contribution in [-0.2, 0) is 7.05 Å². The first-order valence-electron chi connectivity index (χ1n) is 8.71. The second-order valence-electron chi connectivity index (χ2n) is 6.48. The molecule has 0 aliphatic carbocycles. The Hall–Kier alpha value is -3.05. The van der Waals surface area contributed by atoms with Crippen molar-refractivity contribution in [2.24, 2.45) is 7.05 Å². The van der Waals surface area contributed by atoms with Crippen LogP contribution in [-0.4, -0.2) is 27.2 Å². The van der Waals surface area contributed by atoms with Gasteiger partial charge in [-0.1, -0.05) is 48.0 Å². The van der Waals surface area contributed by atoms with Crippen molar-refractivity contribution in [3.8, 4) is 0 Å². The molecule has 1 atom stereocenters. The average molecular weight is 379 g/mol. The zero-order valence-corrected chi connectivity index (χ0v) is 15.6. The number of carbonyl (C=O) groups excluding carboxylic acids is 1. The highest BCUT2D eigenvalue weighted by atomic mass is 35.5. The Labute approximate surface area is 162 Å². The number of aromatic nitrogens is 3. The van der Waals surface area contributed by atoms with E-state index in [2.05, 4.69) is 21.5 Å². The summed E-state index contributed by atoms with van der Waals surface area (Å²) in [4.78, 5) is 15.8. The number of para-hydroxylation sites is 1. The summed E-state index contributed by atoms with van der Waals surface area (Å²) in [7, 11) is 1.79. The van der Waals surface area contributed by atoms with Gasteiger partial charge in [-0.25, -0.2) is 0 Å². The van der Waals surface area contributed by atoms with Crippen LogP contribution in [0.25, 0.3) is 10.9 Å². The summed E-state index contributed by atoms with van der Waals surface area (Å²) in [5.74, 6) is -0.226. The number of carbonyl (C=O) groups is 1. The minimum Gasteiger partial charge on any atom is -0.361 e. The molecule has 0 aliphatic rings. The van der Waals surface area contributed by atoms with Gasteiger partial charge in [-0.2, -0.15) is 5.10 Å². The molecule has 0 bridgehead atoms. The van der Waals surface area contributed by atoms with Gasteiger partial charge in [0, 0.05) is 47.8 Å². The molecule has 0 fully saturated rings. The van der Waals surface area contributed by atoms with Crippen LogP contribution in [0.3, 0.4) is 0 Å². The van der Waals surface area contributed by atoms with Crippen molar-refractivity contribution < 1.29 is 4.79 Å². The van der Waals surface area contributed by atoms with Gasteiger partial charge in [0.15, 0.2) is 0 Å². The topological polar surface area (TPSA) is 62.7 Å². The molecule has 0 radical (unpaired) electrons. The number of benzene rings is 2. The average Bonchev–Trinajstić information content (AvgIpc) is 3.30. The SMILES string of the molecule is Cn1cc(C(=O)NC[C@H](c2ccccc2Cl)c2c[nH]c3ccccc23)cn1. The molecule has 0 aliphatic heterocycles. The summed E-state index contributed by atoms with van der Waals surface area (Å²) < 4.78 is 1.61. The second kappa shape index (κ2) is 7.29.